The molecule has 0 bridgehead atoms. The van der Waals surface area contributed by atoms with E-state index in [0.29, 0.717) is 5.56 Å². The van der Waals surface area contributed by atoms with Gasteiger partial charge in [0.25, 0.3) is 0 Å². The molecule has 0 heterocycles. The molecule has 1 N–H and O–H groups in total. The molecule has 1 atom stereocenters. The van der Waals surface area contributed by atoms with Crippen LogP contribution < -0.4 is 5.32 Å². The molecule has 112 valence electrons. The molecule has 2 rings (SSSR count). The molecule has 2 aromatic rings. The number of aryl methyl sites for hydroxylation is 1. The number of benzene rings is 2. The SMILES string of the molecule is CCNC(C)c1cc(F)c(C)cc1Sc1ccc(Br)cc1. The van der Waals surface area contributed by atoms with E-state index in [0.717, 1.165) is 26.4 Å². The number of hydrogen-bond acceptors (Lipinski definition) is 2. The topological polar surface area (TPSA) is 12.0 Å². The van der Waals surface area contributed by atoms with Crippen LogP contribution >= 0.6 is 27.7 Å². The van der Waals surface area contributed by atoms with Crippen molar-refractivity contribution in [1.29, 1.82) is 0 Å². The van der Waals surface area contributed by atoms with Crippen LogP contribution in [0.4, 0.5) is 4.39 Å². The molecule has 1 unspecified atom stereocenters. The van der Waals surface area contributed by atoms with E-state index in [1.807, 2.05) is 25.1 Å². The van der Waals surface area contributed by atoms with Crippen LogP contribution in [0.5, 0.6) is 0 Å². The summed E-state index contributed by atoms with van der Waals surface area (Å²) in [5, 5.41) is 3.36. The van der Waals surface area contributed by atoms with E-state index in [1.54, 1.807) is 17.8 Å². The van der Waals surface area contributed by atoms with E-state index in [1.165, 1.54) is 0 Å². The first kappa shape index (κ1) is 16.5. The summed E-state index contributed by atoms with van der Waals surface area (Å²) in [6, 6.07) is 11.9. The van der Waals surface area contributed by atoms with E-state index in [2.05, 4.69) is 47.2 Å². The summed E-state index contributed by atoms with van der Waals surface area (Å²) >= 11 is 5.11. The zero-order chi connectivity index (χ0) is 15.4. The molecule has 0 saturated carbocycles. The van der Waals surface area contributed by atoms with Crippen molar-refractivity contribution >= 4 is 27.7 Å². The summed E-state index contributed by atoms with van der Waals surface area (Å²) in [6.45, 7) is 6.80. The van der Waals surface area contributed by atoms with Crippen LogP contribution in [0, 0.1) is 12.7 Å². The van der Waals surface area contributed by atoms with E-state index in [4.69, 9.17) is 0 Å². The van der Waals surface area contributed by atoms with Crippen molar-refractivity contribution in [2.45, 2.75) is 36.6 Å². The molecule has 0 fully saturated rings. The Morgan fingerprint density at radius 2 is 1.90 bits per heavy atom. The average molecular weight is 368 g/mol. The molecule has 0 aromatic heterocycles. The van der Waals surface area contributed by atoms with Crippen LogP contribution in [0.3, 0.4) is 0 Å². The molecule has 21 heavy (non-hydrogen) atoms. The maximum atomic E-state index is 13.9. The standard InChI is InChI=1S/C17H19BrFNS/c1-4-20-12(3)15-10-16(19)11(2)9-17(15)21-14-7-5-13(18)6-8-14/h5-10,12,20H,4H2,1-3H3. The first-order chi connectivity index (χ1) is 10.0. The molecule has 0 spiro atoms. The zero-order valence-electron chi connectivity index (χ0n) is 12.4. The largest absolute Gasteiger partial charge is 0.310 e. The molecule has 0 aliphatic heterocycles. The lowest BCUT2D eigenvalue weighted by Gasteiger charge is -2.18. The second kappa shape index (κ2) is 7.43. The quantitative estimate of drug-likeness (QED) is 0.725. The zero-order valence-corrected chi connectivity index (χ0v) is 14.8. The molecule has 4 heteroatoms. The van der Waals surface area contributed by atoms with E-state index < -0.39 is 0 Å². The molecule has 0 amide bonds. The fraction of sp³-hybridized carbons (Fsp3) is 0.294. The van der Waals surface area contributed by atoms with Gasteiger partial charge in [0.15, 0.2) is 0 Å². The van der Waals surface area contributed by atoms with Crippen LogP contribution in [-0.2, 0) is 0 Å². The molecule has 0 aliphatic rings. The summed E-state index contributed by atoms with van der Waals surface area (Å²) in [5.41, 5.74) is 1.69. The molecule has 2 aromatic carbocycles. The second-order valence-corrected chi connectivity index (χ2v) is 7.01. The average Bonchev–Trinajstić information content (AvgIpc) is 2.45. The Hall–Kier alpha value is -0.840. The molecular formula is C17H19BrFNS. The fourth-order valence-corrected chi connectivity index (χ4v) is 3.52. The highest BCUT2D eigenvalue weighted by Crippen LogP contribution is 2.35. The van der Waals surface area contributed by atoms with Gasteiger partial charge >= 0.3 is 0 Å². The smallest absolute Gasteiger partial charge is 0.126 e. The maximum Gasteiger partial charge on any atom is 0.126 e. The highest BCUT2D eigenvalue weighted by molar-refractivity contribution is 9.10. The summed E-state index contributed by atoms with van der Waals surface area (Å²) in [7, 11) is 0. The van der Waals surface area contributed by atoms with Crippen LogP contribution in [0.2, 0.25) is 0 Å². The third-order valence-corrected chi connectivity index (χ3v) is 4.92. The first-order valence-electron chi connectivity index (χ1n) is 6.98. The predicted octanol–water partition coefficient (Wildman–Crippen LogP) is 5.72. The third kappa shape index (κ3) is 4.31. The minimum Gasteiger partial charge on any atom is -0.310 e. The number of halogens is 2. The van der Waals surface area contributed by atoms with Gasteiger partial charge in [0.2, 0.25) is 0 Å². The predicted molar refractivity (Wildman–Crippen MR) is 91.5 cm³/mol. The maximum absolute atomic E-state index is 13.9. The molecule has 0 saturated heterocycles. The van der Waals surface area contributed by atoms with Gasteiger partial charge in [0, 0.05) is 20.3 Å². The molecule has 1 nitrogen and oxygen atoms in total. The van der Waals surface area contributed by atoms with Gasteiger partial charge in [-0.2, -0.15) is 0 Å². The van der Waals surface area contributed by atoms with Gasteiger partial charge in [-0.3, -0.25) is 0 Å². The number of hydrogen-bond donors (Lipinski definition) is 1. The van der Waals surface area contributed by atoms with Gasteiger partial charge in [-0.25, -0.2) is 4.39 Å². The Bertz CT molecular complexity index is 613. The van der Waals surface area contributed by atoms with E-state index in [9.17, 15) is 4.39 Å². The van der Waals surface area contributed by atoms with Crippen molar-refractivity contribution in [1.82, 2.24) is 5.32 Å². The van der Waals surface area contributed by atoms with Gasteiger partial charge < -0.3 is 5.32 Å². The van der Waals surface area contributed by atoms with Crippen molar-refractivity contribution in [3.05, 3.63) is 57.8 Å². The lowest BCUT2D eigenvalue weighted by atomic mass is 10.1. The van der Waals surface area contributed by atoms with Crippen LogP contribution in [0.1, 0.15) is 31.0 Å². The molecule has 0 radical (unpaired) electrons. The summed E-state index contributed by atoms with van der Waals surface area (Å²) in [5.74, 6) is -0.144. The summed E-state index contributed by atoms with van der Waals surface area (Å²) in [6.07, 6.45) is 0. The van der Waals surface area contributed by atoms with Gasteiger partial charge in [0.05, 0.1) is 0 Å². The lowest BCUT2D eigenvalue weighted by molar-refractivity contribution is 0.571. The van der Waals surface area contributed by atoms with Crippen molar-refractivity contribution in [2.75, 3.05) is 6.54 Å². The highest BCUT2D eigenvalue weighted by Gasteiger charge is 2.14. The van der Waals surface area contributed by atoms with Crippen molar-refractivity contribution < 1.29 is 4.39 Å². The summed E-state index contributed by atoms with van der Waals surface area (Å²) in [4.78, 5) is 2.25. The number of rotatable bonds is 5. The Kier molecular flexibility index (Phi) is 5.85. The van der Waals surface area contributed by atoms with Crippen LogP contribution in [0.25, 0.3) is 0 Å². The third-order valence-electron chi connectivity index (χ3n) is 3.31. The van der Waals surface area contributed by atoms with Crippen LogP contribution in [0.15, 0.2) is 50.7 Å². The van der Waals surface area contributed by atoms with Crippen molar-refractivity contribution in [3.8, 4) is 0 Å². The normalized spacial score (nSPS) is 12.4. The molecule has 0 aliphatic carbocycles. The van der Waals surface area contributed by atoms with E-state index in [-0.39, 0.29) is 11.9 Å². The van der Waals surface area contributed by atoms with Gasteiger partial charge in [-0.05, 0) is 67.9 Å². The molecular weight excluding hydrogens is 349 g/mol. The van der Waals surface area contributed by atoms with Gasteiger partial charge in [0.1, 0.15) is 5.82 Å². The minimum atomic E-state index is -0.144. The first-order valence-corrected chi connectivity index (χ1v) is 8.59. The van der Waals surface area contributed by atoms with Crippen LogP contribution in [-0.4, -0.2) is 6.54 Å². The van der Waals surface area contributed by atoms with Crippen molar-refractivity contribution in [3.63, 3.8) is 0 Å². The Labute approximate surface area is 138 Å². The van der Waals surface area contributed by atoms with Gasteiger partial charge in [-0.15, -0.1) is 0 Å². The van der Waals surface area contributed by atoms with Gasteiger partial charge in [-0.1, -0.05) is 34.6 Å². The second-order valence-electron chi connectivity index (χ2n) is 4.97. The highest BCUT2D eigenvalue weighted by atomic mass is 79.9. The van der Waals surface area contributed by atoms with E-state index >= 15 is 0 Å². The fourth-order valence-electron chi connectivity index (χ4n) is 2.14. The van der Waals surface area contributed by atoms with Crippen molar-refractivity contribution in [2.24, 2.45) is 0 Å². The monoisotopic (exact) mass is 367 g/mol. The Balaban J connectivity index is 2.36. The minimum absolute atomic E-state index is 0.128. The lowest BCUT2D eigenvalue weighted by Crippen LogP contribution is -2.18. The Morgan fingerprint density at radius 1 is 1.24 bits per heavy atom. The Morgan fingerprint density at radius 3 is 2.52 bits per heavy atom. The summed E-state index contributed by atoms with van der Waals surface area (Å²) < 4.78 is 15.0. The number of nitrogens with one attached hydrogen (secondary N) is 1.